The molecule has 0 aliphatic carbocycles. The van der Waals surface area contributed by atoms with Gasteiger partial charge in [0.2, 0.25) is 0 Å². The summed E-state index contributed by atoms with van der Waals surface area (Å²) in [5.74, 6) is -0.411. The van der Waals surface area contributed by atoms with Crippen LogP contribution in [-0.2, 0) is 4.74 Å². The number of hydrogen-bond acceptors (Lipinski definition) is 8. The number of anilines is 3. The van der Waals surface area contributed by atoms with Crippen molar-refractivity contribution >= 4 is 56.5 Å². The second-order valence-corrected chi connectivity index (χ2v) is 8.40. The van der Waals surface area contributed by atoms with Crippen molar-refractivity contribution in [2.75, 3.05) is 54.0 Å². The Morgan fingerprint density at radius 3 is 2.65 bits per heavy atom. The van der Waals surface area contributed by atoms with Crippen LogP contribution in [0.1, 0.15) is 0 Å². The first-order chi connectivity index (χ1) is 15.0. The van der Waals surface area contributed by atoms with Gasteiger partial charge in [0.25, 0.3) is 0 Å². The fraction of sp³-hybridized carbons (Fsp3) is 0.368. The van der Waals surface area contributed by atoms with Crippen LogP contribution in [0.5, 0.6) is 0 Å². The number of hydrogen-bond donors (Lipinski definition) is 1. The average Bonchev–Trinajstić information content (AvgIpc) is 3.39. The lowest BCUT2D eigenvalue weighted by Gasteiger charge is -2.36. The lowest BCUT2D eigenvalue weighted by atomic mass is 10.2. The SMILES string of the molecule is O=C1OC(CNC=S)CN1c1ccc(N2CCN(c3ccc([N+](=O)[O-])s3)CC2)c(F)c1. The van der Waals surface area contributed by atoms with Crippen molar-refractivity contribution in [1.29, 1.82) is 0 Å². The van der Waals surface area contributed by atoms with Gasteiger partial charge >= 0.3 is 11.1 Å². The summed E-state index contributed by atoms with van der Waals surface area (Å²) in [7, 11) is 0. The zero-order valence-corrected chi connectivity index (χ0v) is 18.0. The molecule has 0 spiro atoms. The molecule has 1 aromatic heterocycles. The monoisotopic (exact) mass is 465 g/mol. The summed E-state index contributed by atoms with van der Waals surface area (Å²) in [5.41, 5.74) is 2.28. The molecule has 1 N–H and O–H groups in total. The highest BCUT2D eigenvalue weighted by atomic mass is 32.1. The van der Waals surface area contributed by atoms with Crippen LogP contribution >= 0.6 is 23.6 Å². The summed E-state index contributed by atoms with van der Waals surface area (Å²) >= 11 is 5.85. The highest BCUT2D eigenvalue weighted by molar-refractivity contribution is 7.78. The first-order valence-electron chi connectivity index (χ1n) is 9.65. The molecule has 0 radical (unpaired) electrons. The summed E-state index contributed by atoms with van der Waals surface area (Å²) < 4.78 is 20.2. The van der Waals surface area contributed by atoms with Gasteiger partial charge in [-0.1, -0.05) is 12.2 Å². The molecule has 2 fully saturated rings. The van der Waals surface area contributed by atoms with Gasteiger partial charge in [0.05, 0.1) is 39.9 Å². The molecule has 2 saturated heterocycles. The van der Waals surface area contributed by atoms with Crippen LogP contribution < -0.4 is 20.0 Å². The van der Waals surface area contributed by atoms with Gasteiger partial charge in [0.15, 0.2) is 0 Å². The predicted molar refractivity (Wildman–Crippen MR) is 121 cm³/mol. The Morgan fingerprint density at radius 2 is 2.00 bits per heavy atom. The van der Waals surface area contributed by atoms with Crippen molar-refractivity contribution in [1.82, 2.24) is 5.32 Å². The lowest BCUT2D eigenvalue weighted by molar-refractivity contribution is -0.380. The summed E-state index contributed by atoms with van der Waals surface area (Å²) in [6.45, 7) is 3.15. The van der Waals surface area contributed by atoms with Gasteiger partial charge in [0, 0.05) is 32.2 Å². The van der Waals surface area contributed by atoms with E-state index in [0.717, 1.165) is 16.3 Å². The van der Waals surface area contributed by atoms with Crippen LogP contribution in [0.3, 0.4) is 0 Å². The van der Waals surface area contributed by atoms with Crippen molar-refractivity contribution in [3.8, 4) is 0 Å². The van der Waals surface area contributed by atoms with Crippen LogP contribution in [0.2, 0.25) is 0 Å². The van der Waals surface area contributed by atoms with E-state index >= 15 is 0 Å². The molecule has 1 atom stereocenters. The van der Waals surface area contributed by atoms with E-state index in [1.54, 1.807) is 18.2 Å². The van der Waals surface area contributed by atoms with Gasteiger partial charge < -0.3 is 19.9 Å². The fourth-order valence-corrected chi connectivity index (χ4v) is 4.66. The van der Waals surface area contributed by atoms with Crippen molar-refractivity contribution in [3.63, 3.8) is 0 Å². The Hall–Kier alpha value is -2.99. The third-order valence-electron chi connectivity index (χ3n) is 5.24. The number of cyclic esters (lactones) is 1. The lowest BCUT2D eigenvalue weighted by Crippen LogP contribution is -2.46. The maximum atomic E-state index is 14.9. The predicted octanol–water partition coefficient (Wildman–Crippen LogP) is 2.99. The maximum Gasteiger partial charge on any atom is 0.414 e. The first-order valence-corrected chi connectivity index (χ1v) is 10.9. The quantitative estimate of drug-likeness (QED) is 0.379. The number of thiophene rings is 1. The highest BCUT2D eigenvalue weighted by Crippen LogP contribution is 2.33. The van der Waals surface area contributed by atoms with Gasteiger partial charge in [-0.25, -0.2) is 9.18 Å². The van der Waals surface area contributed by atoms with Crippen LogP contribution in [0.25, 0.3) is 0 Å². The topological polar surface area (TPSA) is 91.2 Å². The van der Waals surface area contributed by atoms with Crippen LogP contribution in [0.4, 0.5) is 30.6 Å². The third-order valence-corrected chi connectivity index (χ3v) is 6.50. The number of nitro groups is 1. The molecule has 31 heavy (non-hydrogen) atoms. The number of carbonyl (C=O) groups excluding carboxylic acids is 1. The van der Waals surface area contributed by atoms with Crippen LogP contribution in [-0.4, -0.2) is 61.9 Å². The fourth-order valence-electron chi connectivity index (χ4n) is 3.69. The Labute approximate surface area is 187 Å². The molecule has 1 amide bonds. The Kier molecular flexibility index (Phi) is 6.18. The minimum Gasteiger partial charge on any atom is -0.442 e. The molecular formula is C19H20FN5O4S2. The molecular weight excluding hydrogens is 445 g/mol. The largest absolute Gasteiger partial charge is 0.442 e. The number of amides is 1. The molecule has 2 aliphatic rings. The van der Waals surface area contributed by atoms with Crippen molar-refractivity contribution in [3.05, 3.63) is 46.3 Å². The number of rotatable bonds is 7. The highest BCUT2D eigenvalue weighted by Gasteiger charge is 2.32. The van der Waals surface area contributed by atoms with E-state index in [1.807, 2.05) is 4.90 Å². The van der Waals surface area contributed by atoms with Crippen molar-refractivity contribution < 1.29 is 18.8 Å². The smallest absolute Gasteiger partial charge is 0.414 e. The summed E-state index contributed by atoms with van der Waals surface area (Å²) in [4.78, 5) is 28.0. The molecule has 2 aliphatic heterocycles. The van der Waals surface area contributed by atoms with Crippen molar-refractivity contribution in [2.45, 2.75) is 6.10 Å². The van der Waals surface area contributed by atoms with Gasteiger partial charge in [-0.05, 0) is 35.6 Å². The van der Waals surface area contributed by atoms with E-state index in [1.165, 1.54) is 22.5 Å². The van der Waals surface area contributed by atoms with E-state index in [0.29, 0.717) is 50.6 Å². The Bertz CT molecular complexity index is 995. The molecule has 1 aromatic carbocycles. The van der Waals surface area contributed by atoms with E-state index in [4.69, 9.17) is 17.0 Å². The second kappa shape index (κ2) is 9.02. The first kappa shape index (κ1) is 21.2. The van der Waals surface area contributed by atoms with Gasteiger partial charge in [0.1, 0.15) is 11.9 Å². The number of nitrogens with one attached hydrogen (secondary N) is 1. The average molecular weight is 466 g/mol. The number of piperazine rings is 1. The van der Waals surface area contributed by atoms with Gasteiger partial charge in [-0.2, -0.15) is 0 Å². The van der Waals surface area contributed by atoms with E-state index in [9.17, 15) is 19.3 Å². The number of thiocarbonyl (C=S) groups is 1. The summed E-state index contributed by atoms with van der Waals surface area (Å²) in [6.07, 6.45) is -0.863. The van der Waals surface area contributed by atoms with Crippen LogP contribution in [0, 0.1) is 15.9 Å². The zero-order chi connectivity index (χ0) is 22.0. The third kappa shape index (κ3) is 4.54. The molecule has 1 unspecified atom stereocenters. The number of halogens is 1. The normalized spacial score (nSPS) is 18.8. The van der Waals surface area contributed by atoms with E-state index in [2.05, 4.69) is 10.2 Å². The molecule has 9 nitrogen and oxygen atoms in total. The molecule has 4 rings (SSSR count). The second-order valence-electron chi connectivity index (χ2n) is 7.12. The number of benzene rings is 1. The van der Waals surface area contributed by atoms with Gasteiger partial charge in [-0.3, -0.25) is 15.0 Å². The summed E-state index contributed by atoms with van der Waals surface area (Å²) in [6, 6.07) is 7.99. The van der Waals surface area contributed by atoms with Crippen LogP contribution in [0.15, 0.2) is 30.3 Å². The van der Waals surface area contributed by atoms with Gasteiger partial charge in [-0.15, -0.1) is 0 Å². The molecule has 3 heterocycles. The molecule has 0 saturated carbocycles. The minimum absolute atomic E-state index is 0.111. The Morgan fingerprint density at radius 1 is 1.26 bits per heavy atom. The van der Waals surface area contributed by atoms with E-state index in [-0.39, 0.29) is 11.1 Å². The minimum atomic E-state index is -0.512. The van der Waals surface area contributed by atoms with E-state index < -0.39 is 16.8 Å². The number of ether oxygens (including phenoxy) is 1. The number of nitrogens with zero attached hydrogens (tertiary/aromatic N) is 4. The molecule has 164 valence electrons. The zero-order valence-electron chi connectivity index (χ0n) is 16.4. The number of carbonyl (C=O) groups is 1. The standard InChI is InChI=1S/C19H20FN5O4S2/c20-15-9-13(24-11-14(10-21-12-30)29-19(24)26)1-2-16(15)22-5-7-23(8-6-22)17-3-4-18(31-17)25(27)28/h1-4,9,12,14H,5-8,10-11H2,(H,21,30). The summed E-state index contributed by atoms with van der Waals surface area (Å²) in [5, 5.41) is 14.7. The molecule has 0 bridgehead atoms. The molecule has 12 heteroatoms. The maximum absolute atomic E-state index is 14.9. The Balaban J connectivity index is 1.39. The molecule has 2 aromatic rings. The van der Waals surface area contributed by atoms with Crippen molar-refractivity contribution in [2.24, 2.45) is 0 Å².